The summed E-state index contributed by atoms with van der Waals surface area (Å²) in [5, 5.41) is 10.5. The van der Waals surface area contributed by atoms with Crippen LogP contribution in [0.25, 0.3) is 17.0 Å². The van der Waals surface area contributed by atoms with Gasteiger partial charge < -0.3 is 4.98 Å². The number of rotatable bonds is 2. The first-order valence-corrected chi connectivity index (χ1v) is 4.26. The molecular formula is C10H7FN2O2. The number of halogens is 1. The highest BCUT2D eigenvalue weighted by molar-refractivity contribution is 5.89. The Hall–Kier alpha value is -2.17. The zero-order valence-electron chi connectivity index (χ0n) is 7.61. The van der Waals surface area contributed by atoms with Crippen molar-refractivity contribution in [2.75, 3.05) is 0 Å². The Balaban J connectivity index is 2.57. The van der Waals surface area contributed by atoms with E-state index in [0.717, 1.165) is 6.20 Å². The van der Waals surface area contributed by atoms with E-state index in [-0.39, 0.29) is 0 Å². The Morgan fingerprint density at radius 3 is 3.00 bits per heavy atom. The number of nitrogens with zero attached hydrogens (tertiary/aromatic N) is 1. The SMILES string of the molecule is O=[N+]([O-])/C=C/c1c[nH]c2cccc(F)c12. The van der Waals surface area contributed by atoms with Gasteiger partial charge in [-0.1, -0.05) is 6.07 Å². The molecule has 1 aromatic carbocycles. The van der Waals surface area contributed by atoms with Crippen LogP contribution in [-0.4, -0.2) is 9.91 Å². The van der Waals surface area contributed by atoms with Crippen LogP contribution < -0.4 is 0 Å². The standard InChI is InChI=1S/C10H7FN2O2/c11-8-2-1-3-9-10(8)7(6-12-9)4-5-13(14)15/h1-6,12H/b5-4+. The van der Waals surface area contributed by atoms with E-state index in [9.17, 15) is 14.5 Å². The zero-order chi connectivity index (χ0) is 10.8. The number of nitrogens with one attached hydrogen (secondary N) is 1. The number of nitro groups is 1. The number of hydrogen-bond donors (Lipinski definition) is 1. The molecule has 0 unspecified atom stereocenters. The molecule has 2 aromatic rings. The lowest BCUT2D eigenvalue weighted by molar-refractivity contribution is -0.400. The smallest absolute Gasteiger partial charge is 0.235 e. The number of fused-ring (bicyclic) bond motifs is 1. The lowest BCUT2D eigenvalue weighted by Crippen LogP contribution is -1.82. The topological polar surface area (TPSA) is 58.9 Å². The normalized spacial score (nSPS) is 11.3. The summed E-state index contributed by atoms with van der Waals surface area (Å²) in [5.74, 6) is -0.392. The second-order valence-electron chi connectivity index (χ2n) is 3.01. The minimum Gasteiger partial charge on any atom is -0.360 e. The van der Waals surface area contributed by atoms with E-state index in [0.29, 0.717) is 16.5 Å². The molecule has 76 valence electrons. The average molecular weight is 206 g/mol. The Bertz CT molecular complexity index is 545. The number of benzene rings is 1. The summed E-state index contributed by atoms with van der Waals surface area (Å²) in [4.78, 5) is 12.4. The quantitative estimate of drug-likeness (QED) is 0.606. The molecule has 4 nitrogen and oxygen atoms in total. The van der Waals surface area contributed by atoms with Gasteiger partial charge in [0.25, 0.3) is 0 Å². The third kappa shape index (κ3) is 1.71. The predicted octanol–water partition coefficient (Wildman–Crippen LogP) is 2.55. The fourth-order valence-electron chi connectivity index (χ4n) is 1.44. The second kappa shape index (κ2) is 3.53. The van der Waals surface area contributed by atoms with E-state index < -0.39 is 10.7 Å². The molecule has 2 rings (SSSR count). The molecule has 0 amide bonds. The molecule has 5 heteroatoms. The molecule has 0 radical (unpaired) electrons. The average Bonchev–Trinajstić information content (AvgIpc) is 2.59. The summed E-state index contributed by atoms with van der Waals surface area (Å²) in [5.41, 5.74) is 1.10. The zero-order valence-corrected chi connectivity index (χ0v) is 7.61. The van der Waals surface area contributed by atoms with Crippen molar-refractivity contribution in [2.45, 2.75) is 0 Å². The molecule has 0 fully saturated rings. The van der Waals surface area contributed by atoms with E-state index in [1.54, 1.807) is 12.1 Å². The van der Waals surface area contributed by atoms with Gasteiger partial charge in [0.1, 0.15) is 5.82 Å². The third-order valence-electron chi connectivity index (χ3n) is 2.06. The van der Waals surface area contributed by atoms with Crippen molar-refractivity contribution in [1.82, 2.24) is 4.98 Å². The Kier molecular flexibility index (Phi) is 2.21. The maximum Gasteiger partial charge on any atom is 0.235 e. The maximum absolute atomic E-state index is 13.4. The van der Waals surface area contributed by atoms with Gasteiger partial charge >= 0.3 is 0 Å². The largest absolute Gasteiger partial charge is 0.360 e. The fraction of sp³-hybridized carbons (Fsp3) is 0. The van der Waals surface area contributed by atoms with Gasteiger partial charge in [0.15, 0.2) is 0 Å². The molecule has 0 aliphatic carbocycles. The van der Waals surface area contributed by atoms with Crippen LogP contribution in [0.4, 0.5) is 4.39 Å². The molecule has 0 aliphatic heterocycles. The molecule has 0 saturated carbocycles. The highest BCUT2D eigenvalue weighted by Gasteiger charge is 2.06. The van der Waals surface area contributed by atoms with Crippen molar-refractivity contribution in [3.8, 4) is 0 Å². The Morgan fingerprint density at radius 1 is 1.47 bits per heavy atom. The van der Waals surface area contributed by atoms with Crippen molar-refractivity contribution < 1.29 is 9.31 Å². The maximum atomic E-state index is 13.4. The molecule has 1 N–H and O–H groups in total. The number of aromatic nitrogens is 1. The van der Waals surface area contributed by atoms with Gasteiger partial charge in [-0.15, -0.1) is 0 Å². The van der Waals surface area contributed by atoms with Crippen LogP contribution in [0.1, 0.15) is 5.56 Å². The van der Waals surface area contributed by atoms with Crippen LogP contribution in [0.3, 0.4) is 0 Å². The molecule has 0 bridgehead atoms. The molecular weight excluding hydrogens is 199 g/mol. The first-order valence-electron chi connectivity index (χ1n) is 4.26. The number of aromatic amines is 1. The highest BCUT2D eigenvalue weighted by atomic mass is 19.1. The predicted molar refractivity (Wildman–Crippen MR) is 54.3 cm³/mol. The molecule has 0 atom stereocenters. The molecule has 0 aliphatic rings. The first kappa shape index (κ1) is 9.39. The first-order chi connectivity index (χ1) is 7.18. The minimum atomic E-state index is -0.584. The summed E-state index contributed by atoms with van der Waals surface area (Å²) in [7, 11) is 0. The van der Waals surface area contributed by atoms with Crippen molar-refractivity contribution in [3.05, 3.63) is 52.1 Å². The van der Waals surface area contributed by atoms with Crippen molar-refractivity contribution >= 4 is 17.0 Å². The third-order valence-corrected chi connectivity index (χ3v) is 2.06. The van der Waals surface area contributed by atoms with Crippen LogP contribution in [0.5, 0.6) is 0 Å². The fourth-order valence-corrected chi connectivity index (χ4v) is 1.44. The molecule has 15 heavy (non-hydrogen) atoms. The monoisotopic (exact) mass is 206 g/mol. The summed E-state index contributed by atoms with van der Waals surface area (Å²) in [6, 6.07) is 4.61. The van der Waals surface area contributed by atoms with Crippen LogP contribution in [0, 0.1) is 15.9 Å². The van der Waals surface area contributed by atoms with Crippen molar-refractivity contribution in [2.24, 2.45) is 0 Å². The molecule has 0 saturated heterocycles. The summed E-state index contributed by atoms with van der Waals surface area (Å²) in [6.07, 6.45) is 3.59. The van der Waals surface area contributed by atoms with Gasteiger partial charge in [-0.25, -0.2) is 4.39 Å². The van der Waals surface area contributed by atoms with E-state index in [1.165, 1.54) is 18.3 Å². The van der Waals surface area contributed by atoms with Gasteiger partial charge in [-0.2, -0.15) is 0 Å². The number of hydrogen-bond acceptors (Lipinski definition) is 2. The summed E-state index contributed by atoms with van der Waals surface area (Å²) >= 11 is 0. The van der Waals surface area contributed by atoms with Crippen LogP contribution >= 0.6 is 0 Å². The second-order valence-corrected chi connectivity index (χ2v) is 3.01. The van der Waals surface area contributed by atoms with Crippen LogP contribution in [0.2, 0.25) is 0 Å². The molecule has 1 heterocycles. The van der Waals surface area contributed by atoms with Crippen LogP contribution in [-0.2, 0) is 0 Å². The van der Waals surface area contributed by atoms with Crippen molar-refractivity contribution in [3.63, 3.8) is 0 Å². The number of H-pyrrole nitrogens is 1. The molecule has 0 spiro atoms. The van der Waals surface area contributed by atoms with E-state index in [2.05, 4.69) is 4.98 Å². The van der Waals surface area contributed by atoms with E-state index in [1.807, 2.05) is 0 Å². The minimum absolute atomic E-state index is 0.371. The molecule has 1 aromatic heterocycles. The lowest BCUT2D eigenvalue weighted by atomic mass is 10.1. The van der Waals surface area contributed by atoms with Crippen molar-refractivity contribution in [1.29, 1.82) is 0 Å². The van der Waals surface area contributed by atoms with Gasteiger partial charge in [0, 0.05) is 28.7 Å². The highest BCUT2D eigenvalue weighted by Crippen LogP contribution is 2.22. The van der Waals surface area contributed by atoms with E-state index in [4.69, 9.17) is 0 Å². The van der Waals surface area contributed by atoms with Crippen LogP contribution in [0.15, 0.2) is 30.6 Å². The van der Waals surface area contributed by atoms with Gasteiger partial charge in [0.05, 0.1) is 4.92 Å². The Morgan fingerprint density at radius 2 is 2.27 bits per heavy atom. The summed E-state index contributed by atoms with van der Waals surface area (Å²) < 4.78 is 13.4. The van der Waals surface area contributed by atoms with Gasteiger partial charge in [0.2, 0.25) is 6.20 Å². The Labute approximate surface area is 84.2 Å². The lowest BCUT2D eigenvalue weighted by Gasteiger charge is -1.92. The van der Waals surface area contributed by atoms with Gasteiger partial charge in [-0.3, -0.25) is 10.1 Å². The van der Waals surface area contributed by atoms with Gasteiger partial charge in [-0.05, 0) is 12.1 Å². The summed E-state index contributed by atoms with van der Waals surface area (Å²) in [6.45, 7) is 0. The van der Waals surface area contributed by atoms with E-state index >= 15 is 0 Å².